The molecule has 0 aliphatic carbocycles. The number of halogens is 4. The van der Waals surface area contributed by atoms with Crippen LogP contribution in [0.2, 0.25) is 20.1 Å². The van der Waals surface area contributed by atoms with Crippen LogP contribution >= 0.6 is 69.1 Å². The van der Waals surface area contributed by atoms with E-state index in [-0.39, 0.29) is 12.8 Å². The van der Waals surface area contributed by atoms with Gasteiger partial charge in [0, 0.05) is 63.1 Å². The standard InChI is InChI=1S/2C12H9Cl2NO2S.2C4H10N2/c2*13-8-2-1-3-9(14)12(8)15-10-6-18-5-7(10)4-11(16)17;2*1-2-6-4-3-5-1/h2*1-3,5-6,15H,4H2,(H,16,17);2*5-6H,1-4H2. The molecule has 48 heavy (non-hydrogen) atoms. The lowest BCUT2D eigenvalue weighted by Crippen LogP contribution is -2.39. The zero-order chi connectivity index (χ0) is 34.7. The molecule has 0 amide bonds. The van der Waals surface area contributed by atoms with Gasteiger partial charge in [-0.3, -0.25) is 9.59 Å². The van der Waals surface area contributed by atoms with Crippen molar-refractivity contribution < 1.29 is 19.8 Å². The van der Waals surface area contributed by atoms with Gasteiger partial charge in [0.15, 0.2) is 0 Å². The van der Waals surface area contributed by atoms with Crippen LogP contribution in [0.1, 0.15) is 11.1 Å². The van der Waals surface area contributed by atoms with E-state index in [2.05, 4.69) is 31.9 Å². The number of aliphatic carboxylic acids is 2. The van der Waals surface area contributed by atoms with Crippen LogP contribution in [0.15, 0.2) is 57.9 Å². The van der Waals surface area contributed by atoms with Gasteiger partial charge < -0.3 is 42.1 Å². The van der Waals surface area contributed by atoms with E-state index in [9.17, 15) is 9.59 Å². The first kappa shape index (κ1) is 39.8. The normalized spacial score (nSPS) is 13.8. The van der Waals surface area contributed by atoms with Gasteiger partial charge in [-0.25, -0.2) is 0 Å². The number of hydrogen-bond acceptors (Lipinski definition) is 10. The molecule has 0 unspecified atom stereocenters. The second kappa shape index (κ2) is 22.2. The van der Waals surface area contributed by atoms with Gasteiger partial charge in [0.05, 0.1) is 55.7 Å². The van der Waals surface area contributed by atoms with Crippen molar-refractivity contribution in [2.45, 2.75) is 12.8 Å². The quantitative estimate of drug-likeness (QED) is 0.0924. The summed E-state index contributed by atoms with van der Waals surface area (Å²) in [6, 6.07) is 10.4. The van der Waals surface area contributed by atoms with Crippen LogP contribution in [-0.2, 0) is 22.4 Å². The minimum Gasteiger partial charge on any atom is -0.481 e. The Bertz CT molecular complexity index is 1400. The van der Waals surface area contributed by atoms with Gasteiger partial charge in [-0.2, -0.15) is 0 Å². The summed E-state index contributed by atoms with van der Waals surface area (Å²) in [5.41, 5.74) is 4.04. The maximum Gasteiger partial charge on any atom is 0.307 e. The molecule has 2 fully saturated rings. The van der Waals surface area contributed by atoms with E-state index >= 15 is 0 Å². The number of piperazine rings is 2. The third-order valence-corrected chi connectivity index (χ3v) is 9.37. The van der Waals surface area contributed by atoms with E-state index < -0.39 is 11.9 Å². The third-order valence-electron chi connectivity index (χ3n) is 6.53. The fraction of sp³-hybridized carbons (Fsp3) is 0.312. The molecule has 6 rings (SSSR count). The molecule has 0 bridgehead atoms. The average Bonchev–Trinajstić information content (AvgIpc) is 3.71. The zero-order valence-electron chi connectivity index (χ0n) is 25.9. The Hall–Kier alpha value is -2.62. The van der Waals surface area contributed by atoms with Crippen molar-refractivity contribution in [2.75, 3.05) is 63.0 Å². The highest BCUT2D eigenvalue weighted by molar-refractivity contribution is 7.08. The average molecular weight is 777 g/mol. The molecular formula is C32H38Cl4N6O4S2. The number of carboxylic acids is 2. The molecule has 0 radical (unpaired) electrons. The van der Waals surface area contributed by atoms with Crippen molar-refractivity contribution >= 4 is 104 Å². The van der Waals surface area contributed by atoms with E-state index in [1.165, 1.54) is 22.7 Å². The molecule has 10 nitrogen and oxygen atoms in total. The Balaban J connectivity index is 0.000000194. The summed E-state index contributed by atoms with van der Waals surface area (Å²) >= 11 is 27.0. The number of anilines is 4. The molecule has 4 heterocycles. The van der Waals surface area contributed by atoms with Crippen LogP contribution in [0, 0.1) is 0 Å². The molecule has 2 aromatic heterocycles. The lowest BCUT2D eigenvalue weighted by Gasteiger charge is -2.11. The number of benzene rings is 2. The summed E-state index contributed by atoms with van der Waals surface area (Å²) in [5, 5.41) is 45.9. The van der Waals surface area contributed by atoms with Gasteiger partial charge in [-0.05, 0) is 46.2 Å². The van der Waals surface area contributed by atoms with Gasteiger partial charge >= 0.3 is 11.9 Å². The highest BCUT2D eigenvalue weighted by Gasteiger charge is 2.13. The van der Waals surface area contributed by atoms with Gasteiger partial charge in [-0.1, -0.05) is 58.5 Å². The van der Waals surface area contributed by atoms with Crippen molar-refractivity contribution in [3.8, 4) is 0 Å². The highest BCUT2D eigenvalue weighted by atomic mass is 35.5. The summed E-state index contributed by atoms with van der Waals surface area (Å²) < 4.78 is 0. The number of thiophene rings is 2. The predicted molar refractivity (Wildman–Crippen MR) is 202 cm³/mol. The molecule has 2 aliphatic rings. The van der Waals surface area contributed by atoms with E-state index in [1.807, 2.05) is 10.8 Å². The minimum atomic E-state index is -0.873. The first-order valence-corrected chi connectivity index (χ1v) is 18.3. The largest absolute Gasteiger partial charge is 0.481 e. The smallest absolute Gasteiger partial charge is 0.307 e. The Kier molecular flexibility index (Phi) is 18.4. The van der Waals surface area contributed by atoms with Gasteiger partial charge in [-0.15, -0.1) is 22.7 Å². The van der Waals surface area contributed by atoms with Crippen molar-refractivity contribution in [3.05, 3.63) is 89.1 Å². The molecule has 2 aromatic carbocycles. The first-order valence-electron chi connectivity index (χ1n) is 14.9. The summed E-state index contributed by atoms with van der Waals surface area (Å²) in [6.45, 7) is 9.11. The SMILES string of the molecule is C1CNCCN1.C1CNCCN1.O=C(O)Cc1cscc1Nc1c(Cl)cccc1Cl.O=C(O)Cc1cscc1Nc1c(Cl)cccc1Cl. The number of carbonyl (C=O) groups is 2. The van der Waals surface area contributed by atoms with Crippen LogP contribution in [0.25, 0.3) is 0 Å². The number of carboxylic acid groups (broad SMARTS) is 2. The fourth-order valence-electron chi connectivity index (χ4n) is 4.18. The first-order chi connectivity index (χ1) is 23.2. The topological polar surface area (TPSA) is 147 Å². The Morgan fingerprint density at radius 2 is 0.854 bits per heavy atom. The van der Waals surface area contributed by atoms with Crippen molar-refractivity contribution in [1.82, 2.24) is 21.3 Å². The van der Waals surface area contributed by atoms with E-state index in [0.717, 1.165) is 63.7 Å². The number of hydrogen-bond donors (Lipinski definition) is 8. The van der Waals surface area contributed by atoms with Crippen molar-refractivity contribution in [1.29, 1.82) is 0 Å². The molecular weight excluding hydrogens is 738 g/mol. The summed E-state index contributed by atoms with van der Waals surface area (Å²) in [7, 11) is 0. The second-order valence-corrected chi connectivity index (χ2v) is 13.3. The van der Waals surface area contributed by atoms with Gasteiger partial charge in [0.1, 0.15) is 0 Å². The third kappa shape index (κ3) is 14.5. The maximum atomic E-state index is 10.7. The number of para-hydroxylation sites is 2. The highest BCUT2D eigenvalue weighted by Crippen LogP contribution is 2.36. The molecule has 260 valence electrons. The molecule has 0 spiro atoms. The summed E-state index contributed by atoms with van der Waals surface area (Å²) in [5.74, 6) is -1.75. The molecule has 16 heteroatoms. The summed E-state index contributed by atoms with van der Waals surface area (Å²) in [4.78, 5) is 21.5. The Morgan fingerprint density at radius 3 is 1.10 bits per heavy atom. The van der Waals surface area contributed by atoms with Gasteiger partial charge in [0.2, 0.25) is 0 Å². The zero-order valence-corrected chi connectivity index (χ0v) is 30.5. The van der Waals surface area contributed by atoms with Crippen LogP contribution in [0.5, 0.6) is 0 Å². The molecule has 2 aliphatic heterocycles. The Labute approximate surface area is 308 Å². The van der Waals surface area contributed by atoms with Crippen molar-refractivity contribution in [3.63, 3.8) is 0 Å². The van der Waals surface area contributed by atoms with Crippen molar-refractivity contribution in [2.24, 2.45) is 0 Å². The number of nitrogens with one attached hydrogen (secondary N) is 6. The molecule has 4 aromatic rings. The van der Waals surface area contributed by atoms with Crippen LogP contribution in [-0.4, -0.2) is 74.5 Å². The minimum absolute atomic E-state index is 0.0338. The van der Waals surface area contributed by atoms with Crippen LogP contribution in [0.4, 0.5) is 22.7 Å². The molecule has 0 atom stereocenters. The lowest BCUT2D eigenvalue weighted by atomic mass is 10.2. The van der Waals surface area contributed by atoms with E-state index in [4.69, 9.17) is 56.6 Å². The van der Waals surface area contributed by atoms with E-state index in [1.54, 1.807) is 47.2 Å². The molecule has 2 saturated heterocycles. The van der Waals surface area contributed by atoms with Crippen LogP contribution in [0.3, 0.4) is 0 Å². The maximum absolute atomic E-state index is 10.7. The fourth-order valence-corrected chi connectivity index (χ4v) is 6.74. The number of rotatable bonds is 8. The lowest BCUT2D eigenvalue weighted by molar-refractivity contribution is -0.137. The molecule has 0 saturated carbocycles. The second-order valence-electron chi connectivity index (χ2n) is 10.2. The molecule has 8 N–H and O–H groups in total. The summed E-state index contributed by atoms with van der Waals surface area (Å²) in [6.07, 6.45) is -0.0676. The predicted octanol–water partition coefficient (Wildman–Crippen LogP) is 7.21. The monoisotopic (exact) mass is 774 g/mol. The van der Waals surface area contributed by atoms with Gasteiger partial charge in [0.25, 0.3) is 0 Å². The van der Waals surface area contributed by atoms with Crippen LogP contribution < -0.4 is 31.9 Å². The van der Waals surface area contributed by atoms with E-state index in [0.29, 0.717) is 42.6 Å². The Morgan fingerprint density at radius 1 is 0.562 bits per heavy atom.